The van der Waals surface area contributed by atoms with E-state index in [9.17, 15) is 13.2 Å². The molecule has 3 aliphatic rings. The summed E-state index contributed by atoms with van der Waals surface area (Å²) < 4.78 is 27.9. The Morgan fingerprint density at radius 2 is 2.00 bits per heavy atom. The van der Waals surface area contributed by atoms with Gasteiger partial charge in [0.1, 0.15) is 6.04 Å². The van der Waals surface area contributed by atoms with Gasteiger partial charge in [0.05, 0.1) is 18.4 Å². The second kappa shape index (κ2) is 9.01. The molecule has 33 heavy (non-hydrogen) atoms. The molecular formula is C26H36N2O4S. The largest absolute Gasteiger partial charge is 0.296 e. The molecule has 180 valence electrons. The van der Waals surface area contributed by atoms with Crippen molar-refractivity contribution in [3.63, 3.8) is 0 Å². The van der Waals surface area contributed by atoms with Crippen LogP contribution in [0.4, 0.5) is 0 Å². The minimum absolute atomic E-state index is 0.0736. The maximum absolute atomic E-state index is 13.7. The number of carbonyl (C=O) groups is 1. The Morgan fingerprint density at radius 3 is 2.67 bits per heavy atom. The van der Waals surface area contributed by atoms with Crippen LogP contribution in [0.2, 0.25) is 0 Å². The molecule has 4 rings (SSSR count). The number of amides is 1. The Bertz CT molecular complexity index is 1040. The molecule has 1 aromatic rings. The van der Waals surface area contributed by atoms with Gasteiger partial charge in [-0.3, -0.25) is 9.63 Å². The first-order chi connectivity index (χ1) is 15.6. The summed E-state index contributed by atoms with van der Waals surface area (Å²) in [7, 11) is -3.67. The first kappa shape index (κ1) is 24.2. The zero-order valence-corrected chi connectivity index (χ0v) is 20.9. The van der Waals surface area contributed by atoms with Crippen LogP contribution in [-0.2, 0) is 26.3 Å². The number of benzene rings is 1. The molecule has 7 heteroatoms. The number of sulfonamides is 1. The fourth-order valence-corrected chi connectivity index (χ4v) is 8.78. The monoisotopic (exact) mass is 472 g/mol. The van der Waals surface area contributed by atoms with Crippen LogP contribution in [0.15, 0.2) is 54.1 Å². The summed E-state index contributed by atoms with van der Waals surface area (Å²) in [6.45, 7) is 8.67. The Kier molecular flexibility index (Phi) is 6.60. The van der Waals surface area contributed by atoms with Gasteiger partial charge in [-0.1, -0.05) is 68.0 Å². The summed E-state index contributed by atoms with van der Waals surface area (Å²) in [5, 5.41) is 0. The molecule has 2 saturated carbocycles. The average Bonchev–Trinajstić information content (AvgIpc) is 3.23. The normalized spacial score (nSPS) is 29.9. The summed E-state index contributed by atoms with van der Waals surface area (Å²) in [6, 6.07) is 8.65. The number of carbonyl (C=O) groups excluding carboxylic acids is 1. The minimum atomic E-state index is -3.67. The SMILES string of the molecule is CC(C)=C/C=C/C[C@H](NOCc1ccccc1)C(=O)N1[C@@H]2C[C@H]3CC[C@]2(CS1(=O)=O)C3(C)C. The fourth-order valence-electron chi connectivity index (χ4n) is 6.21. The molecule has 1 saturated heterocycles. The third-order valence-electron chi connectivity index (χ3n) is 8.17. The molecule has 2 bridgehead atoms. The molecular weight excluding hydrogens is 436 g/mol. The standard InChI is InChI=1S/C26H36N2O4S/c1-19(2)10-8-9-13-22(27-32-17-20-11-6-5-7-12-20)24(29)28-23-16-21-14-15-26(23,25(21,3)4)18-33(28,30)31/h5-12,21-23,27H,13-18H2,1-4H3/b9-8+/t21-,22+,23-,26-/m1/s1. The van der Waals surface area contributed by atoms with Crippen molar-refractivity contribution in [1.82, 2.24) is 9.79 Å². The molecule has 1 spiro atoms. The van der Waals surface area contributed by atoms with Crippen molar-refractivity contribution in [3.05, 3.63) is 59.7 Å². The van der Waals surface area contributed by atoms with Crippen LogP contribution in [0, 0.1) is 16.7 Å². The predicted octanol–water partition coefficient (Wildman–Crippen LogP) is 4.36. The molecule has 4 atom stereocenters. The van der Waals surface area contributed by atoms with Gasteiger partial charge in [-0.05, 0) is 56.4 Å². The van der Waals surface area contributed by atoms with Crippen LogP contribution in [-0.4, -0.2) is 36.5 Å². The van der Waals surface area contributed by atoms with E-state index in [2.05, 4.69) is 19.3 Å². The molecule has 0 unspecified atom stereocenters. The fraction of sp³-hybridized carbons (Fsp3) is 0.577. The lowest BCUT2D eigenvalue weighted by atomic mass is 9.69. The second-order valence-electron chi connectivity index (χ2n) is 10.6. The summed E-state index contributed by atoms with van der Waals surface area (Å²) in [5.74, 6) is 0.132. The number of rotatable bonds is 8. The summed E-state index contributed by atoms with van der Waals surface area (Å²) >= 11 is 0. The van der Waals surface area contributed by atoms with Crippen LogP contribution < -0.4 is 5.48 Å². The topological polar surface area (TPSA) is 75.7 Å². The molecule has 1 aliphatic heterocycles. The molecule has 6 nitrogen and oxygen atoms in total. The van der Waals surface area contributed by atoms with Crippen LogP contribution in [0.1, 0.15) is 58.9 Å². The van der Waals surface area contributed by atoms with E-state index in [4.69, 9.17) is 4.84 Å². The highest BCUT2D eigenvalue weighted by molar-refractivity contribution is 7.90. The van der Waals surface area contributed by atoms with Gasteiger partial charge in [0.2, 0.25) is 10.0 Å². The molecule has 1 aromatic carbocycles. The molecule has 0 radical (unpaired) electrons. The summed E-state index contributed by atoms with van der Waals surface area (Å²) in [4.78, 5) is 19.4. The molecule has 1 heterocycles. The van der Waals surface area contributed by atoms with Crippen molar-refractivity contribution in [2.75, 3.05) is 5.75 Å². The van der Waals surface area contributed by atoms with Gasteiger partial charge in [-0.2, -0.15) is 5.48 Å². The molecule has 0 aromatic heterocycles. The van der Waals surface area contributed by atoms with E-state index in [0.717, 1.165) is 30.4 Å². The lowest BCUT2D eigenvalue weighted by Crippen LogP contribution is -2.51. The summed E-state index contributed by atoms with van der Waals surface area (Å²) in [5.41, 5.74) is 4.60. The van der Waals surface area contributed by atoms with E-state index >= 15 is 0 Å². The van der Waals surface area contributed by atoms with Gasteiger partial charge in [-0.25, -0.2) is 12.7 Å². The van der Waals surface area contributed by atoms with E-state index in [0.29, 0.717) is 12.3 Å². The number of nitrogens with one attached hydrogen (secondary N) is 1. The average molecular weight is 473 g/mol. The van der Waals surface area contributed by atoms with Gasteiger partial charge >= 0.3 is 0 Å². The quantitative estimate of drug-likeness (QED) is 0.450. The maximum Gasteiger partial charge on any atom is 0.256 e. The van der Waals surface area contributed by atoms with Gasteiger partial charge in [0.25, 0.3) is 5.91 Å². The van der Waals surface area contributed by atoms with Crippen molar-refractivity contribution >= 4 is 15.9 Å². The highest BCUT2D eigenvalue weighted by Crippen LogP contribution is 2.70. The number of hydrogen-bond donors (Lipinski definition) is 1. The first-order valence-electron chi connectivity index (χ1n) is 11.9. The van der Waals surface area contributed by atoms with E-state index < -0.39 is 22.0 Å². The summed E-state index contributed by atoms with van der Waals surface area (Å²) in [6.07, 6.45) is 8.79. The van der Waals surface area contributed by atoms with Crippen LogP contribution in [0.25, 0.3) is 0 Å². The van der Waals surface area contributed by atoms with Crippen LogP contribution in [0.3, 0.4) is 0 Å². The Hall–Kier alpha value is -1.96. The first-order valence-corrected chi connectivity index (χ1v) is 13.5. The zero-order chi connectivity index (χ0) is 23.9. The van der Waals surface area contributed by atoms with Crippen molar-refractivity contribution in [3.8, 4) is 0 Å². The highest BCUT2D eigenvalue weighted by Gasteiger charge is 2.72. The Labute approximate surface area is 198 Å². The minimum Gasteiger partial charge on any atom is -0.296 e. The van der Waals surface area contributed by atoms with Crippen LogP contribution >= 0.6 is 0 Å². The van der Waals surface area contributed by atoms with Gasteiger partial charge in [0.15, 0.2) is 0 Å². The van der Waals surface area contributed by atoms with E-state index in [1.54, 1.807) is 0 Å². The van der Waals surface area contributed by atoms with Crippen molar-refractivity contribution in [2.45, 2.75) is 72.1 Å². The van der Waals surface area contributed by atoms with Gasteiger partial charge in [0, 0.05) is 5.41 Å². The lowest BCUT2D eigenvalue weighted by molar-refractivity contribution is -0.136. The zero-order valence-electron chi connectivity index (χ0n) is 20.1. The van der Waals surface area contributed by atoms with Crippen molar-refractivity contribution in [2.24, 2.45) is 16.7 Å². The van der Waals surface area contributed by atoms with Crippen LogP contribution in [0.5, 0.6) is 0 Å². The molecule has 1 amide bonds. The van der Waals surface area contributed by atoms with E-state index in [1.807, 2.05) is 62.4 Å². The second-order valence-corrected chi connectivity index (χ2v) is 12.5. The molecule has 3 fully saturated rings. The highest BCUT2D eigenvalue weighted by atomic mass is 32.2. The third kappa shape index (κ3) is 4.31. The number of hydrogen-bond acceptors (Lipinski definition) is 5. The van der Waals surface area contributed by atoms with Gasteiger partial charge < -0.3 is 0 Å². The van der Waals surface area contributed by atoms with E-state index in [1.165, 1.54) is 4.31 Å². The molecule has 2 aliphatic carbocycles. The lowest BCUT2D eigenvalue weighted by Gasteiger charge is -2.37. The predicted molar refractivity (Wildman–Crippen MR) is 129 cm³/mol. The Morgan fingerprint density at radius 1 is 1.27 bits per heavy atom. The molecule has 1 N–H and O–H groups in total. The van der Waals surface area contributed by atoms with Crippen molar-refractivity contribution < 1.29 is 18.0 Å². The van der Waals surface area contributed by atoms with Gasteiger partial charge in [-0.15, -0.1) is 0 Å². The third-order valence-corrected chi connectivity index (χ3v) is 10.1. The van der Waals surface area contributed by atoms with E-state index in [-0.39, 0.29) is 29.2 Å². The number of hydroxylamine groups is 1. The number of nitrogens with zero attached hydrogens (tertiary/aromatic N) is 1. The number of fused-ring (bicyclic) bond motifs is 1. The van der Waals surface area contributed by atoms with Crippen molar-refractivity contribution in [1.29, 1.82) is 0 Å². The smallest absolute Gasteiger partial charge is 0.256 e. The maximum atomic E-state index is 13.7. The number of allylic oxidation sites excluding steroid dienone is 3. The Balaban J connectivity index is 1.54.